The van der Waals surface area contributed by atoms with Gasteiger partial charge in [0.2, 0.25) is 0 Å². The minimum Gasteiger partial charge on any atom is -0.480 e. The van der Waals surface area contributed by atoms with Crippen molar-refractivity contribution in [1.82, 2.24) is 4.90 Å². The minimum atomic E-state index is -0.932. The van der Waals surface area contributed by atoms with Crippen molar-refractivity contribution in [2.24, 2.45) is 0 Å². The fourth-order valence-corrected chi connectivity index (χ4v) is 2.78. The summed E-state index contributed by atoms with van der Waals surface area (Å²) < 4.78 is 11.1. The third-order valence-corrected chi connectivity index (χ3v) is 3.97. The monoisotopic (exact) mass is 285 g/mol. The molecular weight excluding hydrogens is 262 g/mol. The highest BCUT2D eigenvalue weighted by Gasteiger charge is 2.36. The number of nitrogens with zero attached hydrogens (tertiary/aromatic N) is 1. The highest BCUT2D eigenvalue weighted by atomic mass is 16.5. The molecule has 114 valence electrons. The van der Waals surface area contributed by atoms with Crippen molar-refractivity contribution >= 4 is 11.9 Å². The van der Waals surface area contributed by atoms with Crippen LogP contribution in [0.3, 0.4) is 0 Å². The number of hydrogen-bond donors (Lipinski definition) is 1. The zero-order valence-corrected chi connectivity index (χ0v) is 11.9. The Balaban J connectivity index is 1.80. The molecular formula is C14H23NO5. The third-order valence-electron chi connectivity index (χ3n) is 3.97. The lowest BCUT2D eigenvalue weighted by Crippen LogP contribution is -2.46. The van der Waals surface area contributed by atoms with Crippen LogP contribution in [-0.2, 0) is 19.1 Å². The molecule has 3 atom stereocenters. The first-order valence-electron chi connectivity index (χ1n) is 7.36. The van der Waals surface area contributed by atoms with Gasteiger partial charge in [0.25, 0.3) is 5.91 Å². The van der Waals surface area contributed by atoms with Crippen LogP contribution in [0.25, 0.3) is 0 Å². The van der Waals surface area contributed by atoms with E-state index in [0.717, 1.165) is 32.3 Å². The molecule has 0 saturated carbocycles. The number of carboxylic acids is 1. The molecule has 0 aromatic carbocycles. The van der Waals surface area contributed by atoms with E-state index >= 15 is 0 Å². The Kier molecular flexibility index (Phi) is 5.37. The summed E-state index contributed by atoms with van der Waals surface area (Å²) in [4.78, 5) is 24.7. The summed E-state index contributed by atoms with van der Waals surface area (Å²) >= 11 is 0. The SMILES string of the molecule is CC(OCC1CCCCO1)C(=O)N1CCC[C@@H]1C(=O)O. The zero-order valence-electron chi connectivity index (χ0n) is 11.9. The number of ether oxygens (including phenoxy) is 2. The fraction of sp³-hybridized carbons (Fsp3) is 0.857. The lowest BCUT2D eigenvalue weighted by molar-refractivity contribution is -0.155. The molecule has 20 heavy (non-hydrogen) atoms. The maximum atomic E-state index is 12.2. The van der Waals surface area contributed by atoms with Crippen molar-refractivity contribution < 1.29 is 24.2 Å². The van der Waals surface area contributed by atoms with Crippen LogP contribution >= 0.6 is 0 Å². The number of carboxylic acid groups (broad SMARTS) is 1. The lowest BCUT2D eigenvalue weighted by atomic mass is 10.1. The van der Waals surface area contributed by atoms with Gasteiger partial charge in [-0.25, -0.2) is 4.79 Å². The molecule has 6 heteroatoms. The number of carbonyl (C=O) groups is 2. The Hall–Kier alpha value is -1.14. The van der Waals surface area contributed by atoms with Crippen molar-refractivity contribution in [3.8, 4) is 0 Å². The van der Waals surface area contributed by atoms with Crippen molar-refractivity contribution in [2.75, 3.05) is 19.8 Å². The smallest absolute Gasteiger partial charge is 0.326 e. The lowest BCUT2D eigenvalue weighted by Gasteiger charge is -2.27. The van der Waals surface area contributed by atoms with Crippen molar-refractivity contribution in [3.05, 3.63) is 0 Å². The molecule has 0 spiro atoms. The zero-order chi connectivity index (χ0) is 14.5. The van der Waals surface area contributed by atoms with Gasteiger partial charge in [0, 0.05) is 13.2 Å². The van der Waals surface area contributed by atoms with Crippen LogP contribution in [-0.4, -0.2) is 59.9 Å². The van der Waals surface area contributed by atoms with Gasteiger partial charge in [-0.15, -0.1) is 0 Å². The molecule has 2 aliphatic rings. The summed E-state index contributed by atoms with van der Waals surface area (Å²) in [5.41, 5.74) is 0. The Labute approximate surface area is 119 Å². The number of aliphatic carboxylic acids is 1. The summed E-state index contributed by atoms with van der Waals surface area (Å²) in [6, 6.07) is -0.695. The number of hydrogen-bond acceptors (Lipinski definition) is 4. The minimum absolute atomic E-state index is 0.0628. The van der Waals surface area contributed by atoms with Gasteiger partial charge < -0.3 is 19.5 Å². The first-order chi connectivity index (χ1) is 9.59. The van der Waals surface area contributed by atoms with Gasteiger partial charge in [-0.2, -0.15) is 0 Å². The third kappa shape index (κ3) is 3.70. The van der Waals surface area contributed by atoms with Gasteiger partial charge in [-0.1, -0.05) is 0 Å². The Morgan fingerprint density at radius 2 is 2.15 bits per heavy atom. The Bertz CT molecular complexity index is 353. The second-order valence-corrected chi connectivity index (χ2v) is 5.49. The van der Waals surface area contributed by atoms with Gasteiger partial charge in [0.1, 0.15) is 12.1 Å². The molecule has 0 radical (unpaired) electrons. The summed E-state index contributed by atoms with van der Waals surface area (Å²) in [7, 11) is 0. The maximum Gasteiger partial charge on any atom is 0.326 e. The van der Waals surface area contributed by atoms with E-state index in [1.165, 1.54) is 4.90 Å². The molecule has 1 N–H and O–H groups in total. The van der Waals surface area contributed by atoms with Crippen LogP contribution in [0.5, 0.6) is 0 Å². The Morgan fingerprint density at radius 1 is 1.35 bits per heavy atom. The van der Waals surface area contributed by atoms with Crippen LogP contribution in [0, 0.1) is 0 Å². The highest BCUT2D eigenvalue weighted by molar-refractivity contribution is 5.86. The van der Waals surface area contributed by atoms with E-state index in [9.17, 15) is 9.59 Å². The topological polar surface area (TPSA) is 76.1 Å². The average molecular weight is 285 g/mol. The van der Waals surface area contributed by atoms with Crippen molar-refractivity contribution in [3.63, 3.8) is 0 Å². The molecule has 2 heterocycles. The van der Waals surface area contributed by atoms with Crippen LogP contribution < -0.4 is 0 Å². The molecule has 2 aliphatic heterocycles. The number of rotatable bonds is 5. The molecule has 2 unspecified atom stereocenters. The van der Waals surface area contributed by atoms with E-state index in [1.807, 2.05) is 0 Å². The van der Waals surface area contributed by atoms with Gasteiger partial charge in [-0.05, 0) is 39.0 Å². The second-order valence-electron chi connectivity index (χ2n) is 5.49. The summed E-state index contributed by atoms with van der Waals surface area (Å²) in [6.45, 7) is 3.34. The predicted octanol–water partition coefficient (Wildman–Crippen LogP) is 1.04. The molecule has 0 aromatic heterocycles. The van der Waals surface area contributed by atoms with Gasteiger partial charge in [0.15, 0.2) is 0 Å². The Morgan fingerprint density at radius 3 is 2.80 bits per heavy atom. The molecule has 0 bridgehead atoms. The molecule has 0 aromatic rings. The molecule has 6 nitrogen and oxygen atoms in total. The number of carbonyl (C=O) groups excluding carboxylic acids is 1. The highest BCUT2D eigenvalue weighted by Crippen LogP contribution is 2.20. The van der Waals surface area contributed by atoms with E-state index in [0.29, 0.717) is 19.6 Å². The van der Waals surface area contributed by atoms with Gasteiger partial charge in [0.05, 0.1) is 12.7 Å². The quantitative estimate of drug-likeness (QED) is 0.816. The first-order valence-corrected chi connectivity index (χ1v) is 7.36. The van der Waals surface area contributed by atoms with Crippen LogP contribution in [0.15, 0.2) is 0 Å². The summed E-state index contributed by atoms with van der Waals surface area (Å²) in [5.74, 6) is -1.16. The normalized spacial score (nSPS) is 28.4. The summed E-state index contributed by atoms with van der Waals surface area (Å²) in [5, 5.41) is 9.09. The predicted molar refractivity (Wildman–Crippen MR) is 71.4 cm³/mol. The average Bonchev–Trinajstić information content (AvgIpc) is 2.94. The van der Waals surface area contributed by atoms with Crippen molar-refractivity contribution in [2.45, 2.75) is 57.3 Å². The molecule has 2 saturated heterocycles. The maximum absolute atomic E-state index is 12.2. The second kappa shape index (κ2) is 7.04. The number of amides is 1. The van der Waals surface area contributed by atoms with E-state index in [2.05, 4.69) is 0 Å². The van der Waals surface area contributed by atoms with Gasteiger partial charge >= 0.3 is 5.97 Å². The standard InChI is InChI=1S/C14H23NO5/c1-10(20-9-11-5-2-3-8-19-11)13(16)15-7-4-6-12(15)14(17)18/h10-12H,2-9H2,1H3,(H,17,18)/t10?,11?,12-/m1/s1. The largest absolute Gasteiger partial charge is 0.480 e. The van der Waals surface area contributed by atoms with E-state index in [4.69, 9.17) is 14.6 Å². The van der Waals surface area contributed by atoms with E-state index in [-0.39, 0.29) is 12.0 Å². The van der Waals surface area contributed by atoms with Gasteiger partial charge in [-0.3, -0.25) is 4.79 Å². The van der Waals surface area contributed by atoms with Crippen LogP contribution in [0.2, 0.25) is 0 Å². The van der Waals surface area contributed by atoms with Crippen molar-refractivity contribution in [1.29, 1.82) is 0 Å². The number of likely N-dealkylation sites (tertiary alicyclic amines) is 1. The first kappa shape index (κ1) is 15.3. The molecule has 0 aliphatic carbocycles. The molecule has 2 rings (SSSR count). The van der Waals surface area contributed by atoms with Crippen LogP contribution in [0.1, 0.15) is 39.0 Å². The molecule has 2 fully saturated rings. The van der Waals surface area contributed by atoms with E-state index in [1.54, 1.807) is 6.92 Å². The molecule has 1 amide bonds. The summed E-state index contributed by atoms with van der Waals surface area (Å²) in [6.07, 6.45) is 3.89. The van der Waals surface area contributed by atoms with E-state index < -0.39 is 18.1 Å². The fourth-order valence-electron chi connectivity index (χ4n) is 2.78. The van der Waals surface area contributed by atoms with Crippen LogP contribution in [0.4, 0.5) is 0 Å².